The second-order valence-electron chi connectivity index (χ2n) is 16.4. The number of carbonyl (C=O) groups excluding carboxylic acids is 1. The van der Waals surface area contributed by atoms with Crippen molar-refractivity contribution in [3.05, 3.63) is 81.2 Å². The molecule has 18 heteroatoms. The third-order valence-electron chi connectivity index (χ3n) is 11.3. The van der Waals surface area contributed by atoms with E-state index in [1.54, 1.807) is 21.8 Å². The van der Waals surface area contributed by atoms with Gasteiger partial charge in [-0.2, -0.15) is 18.6 Å². The first-order valence-electron chi connectivity index (χ1n) is 20.7. The van der Waals surface area contributed by atoms with Gasteiger partial charge in [0.15, 0.2) is 10.1 Å². The molecule has 4 N–H and O–H groups in total. The molecule has 0 radical (unpaired) electrons. The smallest absolute Gasteiger partial charge is 0.333 e. The number of nitrogens with zero attached hydrogens (tertiary/aromatic N) is 7. The first kappa shape index (κ1) is 44.7. The minimum absolute atomic E-state index is 0.0765. The number of amides is 2. The molecule has 0 saturated carbocycles. The molecule has 0 fully saturated rings. The Labute approximate surface area is 354 Å². The fourth-order valence-electron chi connectivity index (χ4n) is 8.54. The fraction of sp³-hybridized carbons (Fsp3) is 0.524. The predicted molar refractivity (Wildman–Crippen MR) is 229 cm³/mol. The Morgan fingerprint density at radius 1 is 0.733 bits per heavy atom. The number of nitriles is 1. The van der Waals surface area contributed by atoms with Crippen molar-refractivity contribution < 1.29 is 26.4 Å². The molecule has 4 aliphatic rings. The van der Waals surface area contributed by atoms with Crippen molar-refractivity contribution in [3.63, 3.8) is 0 Å². The number of aryl methyl sites for hydroxylation is 6. The van der Waals surface area contributed by atoms with E-state index in [2.05, 4.69) is 42.2 Å². The van der Waals surface area contributed by atoms with E-state index in [9.17, 15) is 21.6 Å². The maximum absolute atomic E-state index is 12.6. The van der Waals surface area contributed by atoms with Crippen molar-refractivity contribution in [2.45, 2.75) is 113 Å². The van der Waals surface area contributed by atoms with Crippen LogP contribution in [0.1, 0.15) is 83.0 Å². The van der Waals surface area contributed by atoms with Crippen LogP contribution in [0.3, 0.4) is 0 Å². The summed E-state index contributed by atoms with van der Waals surface area (Å²) in [6, 6.07) is 6.71. The Hall–Kier alpha value is -4.80. The van der Waals surface area contributed by atoms with Crippen molar-refractivity contribution in [2.24, 2.45) is 5.14 Å². The quantitative estimate of drug-likeness (QED) is 0.161. The minimum atomic E-state index is -4.03. The standard InChI is InChI=1S/C21H29N5O3S.C13H13NO.C8H16N4O2S/c1-25(2)11-5-12-26-13-10-19(23-26)30(28,29)24-21(27)22-20-17-8-3-6-15(17)14-16-7-4-9-18(16)20;14-8-15-13-11-5-1-3-9(11)7-10-4-2-6-12(10)13;1-11(2)5-3-6-12-7-4-8(10-12)15(9,13)14/h10,13-14H,3-9,11-12H2,1-2H3,(H2,22,24,27);7H,1-6H2;4,7H,3,5-6H2,1-2H3,(H2,9,13,14). The van der Waals surface area contributed by atoms with Crippen molar-refractivity contribution in [2.75, 3.05) is 46.6 Å². The van der Waals surface area contributed by atoms with Crippen LogP contribution in [0.2, 0.25) is 0 Å². The maximum Gasteiger partial charge on any atom is 0.333 e. The van der Waals surface area contributed by atoms with Gasteiger partial charge in [-0.1, -0.05) is 12.1 Å². The molecule has 4 aliphatic carbocycles. The molecule has 2 aromatic carbocycles. The van der Waals surface area contributed by atoms with Crippen LogP contribution in [0, 0.1) is 11.5 Å². The van der Waals surface area contributed by atoms with Gasteiger partial charge in [-0.25, -0.2) is 23.1 Å². The van der Waals surface area contributed by atoms with E-state index in [1.807, 2.05) is 34.4 Å². The van der Waals surface area contributed by atoms with Crippen LogP contribution in [-0.2, 0) is 84.5 Å². The SMILES string of the molecule is CN(C)CCCn1ccc(S(=O)(=O)NC(=O)Nc2c3c(cc4c2CCC4)CCC3)n1.CN(C)CCCn1ccc(S(N)(=O)=O)n1.N#COc1c2c(cc3c1CCC3)CCC2. The Balaban J connectivity index is 0.000000168. The summed E-state index contributed by atoms with van der Waals surface area (Å²) in [4.78, 5) is 16.7. The van der Waals surface area contributed by atoms with Crippen LogP contribution in [0.5, 0.6) is 5.75 Å². The Morgan fingerprint density at radius 2 is 1.17 bits per heavy atom. The molecular weight excluding hydrogens is 805 g/mol. The number of nitrogens with two attached hydrogens (primary N) is 1. The summed E-state index contributed by atoms with van der Waals surface area (Å²) in [5, 5.41) is 24.3. The zero-order valence-corrected chi connectivity index (χ0v) is 36.8. The molecule has 8 rings (SSSR count). The zero-order valence-electron chi connectivity index (χ0n) is 35.2. The molecule has 0 saturated heterocycles. The highest BCUT2D eigenvalue weighted by molar-refractivity contribution is 7.90. The molecule has 0 aliphatic heterocycles. The number of hydrogen-bond donors (Lipinski definition) is 3. The van der Waals surface area contributed by atoms with E-state index in [4.69, 9.17) is 15.1 Å². The molecule has 324 valence electrons. The van der Waals surface area contributed by atoms with Gasteiger partial charge in [0, 0.05) is 31.2 Å². The lowest BCUT2D eigenvalue weighted by Gasteiger charge is -2.16. The highest BCUT2D eigenvalue weighted by Gasteiger charge is 2.28. The van der Waals surface area contributed by atoms with Gasteiger partial charge in [0.1, 0.15) is 5.75 Å². The highest BCUT2D eigenvalue weighted by Crippen LogP contribution is 2.40. The van der Waals surface area contributed by atoms with Crippen molar-refractivity contribution in [1.82, 2.24) is 34.1 Å². The molecule has 4 aromatic rings. The van der Waals surface area contributed by atoms with Crippen molar-refractivity contribution >= 4 is 31.8 Å². The lowest BCUT2D eigenvalue weighted by molar-refractivity contribution is 0.256. The number of carbonyl (C=O) groups is 1. The largest absolute Gasteiger partial charge is 0.387 e. The van der Waals surface area contributed by atoms with Crippen molar-refractivity contribution in [3.8, 4) is 12.0 Å². The lowest BCUT2D eigenvalue weighted by Crippen LogP contribution is -2.35. The summed E-state index contributed by atoms with van der Waals surface area (Å²) in [6.07, 6.45) is 19.8. The van der Waals surface area contributed by atoms with E-state index in [0.29, 0.717) is 13.1 Å². The molecule has 16 nitrogen and oxygen atoms in total. The van der Waals surface area contributed by atoms with Crippen LogP contribution < -0.4 is 19.9 Å². The number of nitrogens with one attached hydrogen (secondary N) is 2. The number of benzene rings is 2. The number of primary sulfonamides is 1. The zero-order chi connectivity index (χ0) is 43.0. The topological polar surface area (TPSA) is 211 Å². The Bertz CT molecular complexity index is 2370. The number of sulfonamides is 2. The molecule has 0 atom stereocenters. The fourth-order valence-corrected chi connectivity index (χ4v) is 9.86. The first-order chi connectivity index (χ1) is 28.6. The average molecular weight is 863 g/mol. The van der Waals surface area contributed by atoms with Gasteiger partial charge in [-0.05, 0) is 188 Å². The molecular formula is C42H58N10O6S2. The normalized spacial score (nSPS) is 15.0. The Kier molecular flexibility index (Phi) is 14.7. The number of fused-ring (bicyclic) bond motifs is 4. The third-order valence-corrected chi connectivity index (χ3v) is 13.3. The van der Waals surface area contributed by atoms with Crippen LogP contribution in [0.4, 0.5) is 10.5 Å². The van der Waals surface area contributed by atoms with Gasteiger partial charge in [0.25, 0.3) is 26.3 Å². The van der Waals surface area contributed by atoms with Gasteiger partial charge in [-0.15, -0.1) is 5.26 Å². The molecule has 2 amide bonds. The molecule has 0 unspecified atom stereocenters. The number of hydrogen-bond acceptors (Lipinski definition) is 11. The van der Waals surface area contributed by atoms with E-state index < -0.39 is 26.1 Å². The third kappa shape index (κ3) is 11.3. The summed E-state index contributed by atoms with van der Waals surface area (Å²) in [7, 11) is 0.242. The molecule has 60 heavy (non-hydrogen) atoms. The monoisotopic (exact) mass is 862 g/mol. The molecule has 2 aromatic heterocycles. The first-order valence-corrected chi connectivity index (χ1v) is 23.8. The lowest BCUT2D eigenvalue weighted by atomic mass is 9.99. The Morgan fingerprint density at radius 3 is 1.60 bits per heavy atom. The molecule has 0 spiro atoms. The van der Waals surface area contributed by atoms with Crippen molar-refractivity contribution in [1.29, 1.82) is 5.26 Å². The summed E-state index contributed by atoms with van der Waals surface area (Å²) in [5.74, 6) is 0.903. The van der Waals surface area contributed by atoms with Crippen LogP contribution >= 0.6 is 0 Å². The van der Waals surface area contributed by atoms with Crippen LogP contribution in [-0.4, -0.2) is 93.5 Å². The molecule has 2 heterocycles. The van der Waals surface area contributed by atoms with Crippen LogP contribution in [0.15, 0.2) is 46.7 Å². The molecule has 0 bridgehead atoms. The van der Waals surface area contributed by atoms with Gasteiger partial charge >= 0.3 is 6.03 Å². The highest BCUT2D eigenvalue weighted by atomic mass is 32.2. The summed E-state index contributed by atoms with van der Waals surface area (Å²) in [5.41, 5.74) is 11.1. The number of ether oxygens (including phenoxy) is 1. The van der Waals surface area contributed by atoms with Gasteiger partial charge in [0.05, 0.1) is 0 Å². The number of anilines is 1. The van der Waals surface area contributed by atoms with E-state index >= 15 is 0 Å². The van der Waals surface area contributed by atoms with Gasteiger partial charge < -0.3 is 19.9 Å². The van der Waals surface area contributed by atoms with Crippen LogP contribution in [0.25, 0.3) is 0 Å². The van der Waals surface area contributed by atoms with E-state index in [1.165, 1.54) is 58.4 Å². The van der Waals surface area contributed by atoms with Gasteiger partial charge in [0.2, 0.25) is 0 Å². The van der Waals surface area contributed by atoms with Gasteiger partial charge in [-0.3, -0.25) is 9.36 Å². The summed E-state index contributed by atoms with van der Waals surface area (Å²) in [6.45, 7) is 3.12. The predicted octanol–water partition coefficient (Wildman–Crippen LogP) is 4.33. The van der Waals surface area contributed by atoms with E-state index in [-0.39, 0.29) is 10.1 Å². The number of aromatic nitrogens is 4. The second-order valence-corrected chi connectivity index (χ2v) is 19.5. The average Bonchev–Trinajstić information content (AvgIpc) is 4.03. The maximum atomic E-state index is 12.6. The summed E-state index contributed by atoms with van der Waals surface area (Å²) >= 11 is 0. The number of rotatable bonds is 13. The second kappa shape index (κ2) is 19.7. The number of urea groups is 1. The summed E-state index contributed by atoms with van der Waals surface area (Å²) < 4.78 is 57.6. The van der Waals surface area contributed by atoms with E-state index in [0.717, 1.165) is 113 Å². The minimum Gasteiger partial charge on any atom is -0.387 e.